The van der Waals surface area contributed by atoms with Crippen LogP contribution in [0.2, 0.25) is 0 Å². The Morgan fingerprint density at radius 3 is 2.78 bits per heavy atom. The Morgan fingerprint density at radius 2 is 2.11 bits per heavy atom. The molecule has 0 aliphatic heterocycles. The van der Waals surface area contributed by atoms with Gasteiger partial charge in [-0.05, 0) is 19.1 Å². The minimum atomic E-state index is -0.504. The third kappa shape index (κ3) is 3.85. The minimum absolute atomic E-state index is 0.0156. The molecule has 7 heteroatoms. The molecule has 0 amide bonds. The summed E-state index contributed by atoms with van der Waals surface area (Å²) in [6.45, 7) is 7.98. The summed E-state index contributed by atoms with van der Waals surface area (Å²) in [5.41, 5.74) is 3.41. The Hall–Kier alpha value is -2.73. The third-order valence-electron chi connectivity index (χ3n) is 4.07. The van der Waals surface area contributed by atoms with E-state index in [4.69, 9.17) is 16.5 Å². The molecule has 0 aliphatic rings. The molecule has 0 unspecified atom stereocenters. The van der Waals surface area contributed by atoms with Crippen LogP contribution in [0.15, 0.2) is 41.2 Å². The highest BCUT2D eigenvalue weighted by Gasteiger charge is 2.26. The van der Waals surface area contributed by atoms with Gasteiger partial charge in [-0.25, -0.2) is 9.97 Å². The fraction of sp³-hybridized carbons (Fsp3) is 0.300. The molecular formula is C20H21ClN4O2. The average Bonchev–Trinajstić information content (AvgIpc) is 3.07. The minimum Gasteiger partial charge on any atom is -0.477 e. The maximum absolute atomic E-state index is 12.7. The maximum Gasteiger partial charge on any atom is 0.233 e. The van der Waals surface area contributed by atoms with Crippen molar-refractivity contribution in [3.63, 3.8) is 0 Å². The van der Waals surface area contributed by atoms with E-state index < -0.39 is 5.41 Å². The van der Waals surface area contributed by atoms with Gasteiger partial charge in [0.15, 0.2) is 11.4 Å². The lowest BCUT2D eigenvalue weighted by Gasteiger charge is -2.15. The molecule has 0 fully saturated rings. The molecule has 0 aliphatic carbocycles. The standard InChI is InChI=1S/C20H21ClN4O2/c1-5-27-19(25-21)13-8-6-7-12(9-13)15-11-23-18-16(24-15)14(10-22-18)17(26)20(2,3)4/h6-11H,5H2,1-4H3,(H,22,23). The second-order valence-corrected chi connectivity index (χ2v) is 7.31. The van der Waals surface area contributed by atoms with Crippen LogP contribution in [0.1, 0.15) is 43.6 Å². The van der Waals surface area contributed by atoms with Crippen molar-refractivity contribution in [2.45, 2.75) is 27.7 Å². The molecular weight excluding hydrogens is 364 g/mol. The number of aromatic amines is 1. The summed E-state index contributed by atoms with van der Waals surface area (Å²) in [4.78, 5) is 24.8. The Kier molecular flexibility index (Phi) is 5.28. The monoisotopic (exact) mass is 384 g/mol. The fourth-order valence-electron chi connectivity index (χ4n) is 2.71. The zero-order valence-electron chi connectivity index (χ0n) is 15.7. The summed E-state index contributed by atoms with van der Waals surface area (Å²) < 4.78 is 9.12. The first-order chi connectivity index (χ1) is 12.8. The molecule has 3 aromatic rings. The lowest BCUT2D eigenvalue weighted by Crippen LogP contribution is -2.20. The number of carbonyl (C=O) groups excluding carboxylic acids is 1. The quantitative estimate of drug-likeness (QED) is 0.398. The van der Waals surface area contributed by atoms with Gasteiger partial charge in [-0.3, -0.25) is 4.79 Å². The topological polar surface area (TPSA) is 80.2 Å². The van der Waals surface area contributed by atoms with E-state index in [0.717, 1.165) is 11.1 Å². The normalized spacial score (nSPS) is 12.4. The van der Waals surface area contributed by atoms with E-state index in [-0.39, 0.29) is 5.78 Å². The highest BCUT2D eigenvalue weighted by molar-refractivity contribution is 6.21. The van der Waals surface area contributed by atoms with E-state index in [9.17, 15) is 4.79 Å². The van der Waals surface area contributed by atoms with Crippen LogP contribution in [0.25, 0.3) is 22.4 Å². The largest absolute Gasteiger partial charge is 0.477 e. The van der Waals surface area contributed by atoms with E-state index in [1.807, 2.05) is 52.0 Å². The van der Waals surface area contributed by atoms with Crippen LogP contribution in [-0.2, 0) is 4.74 Å². The molecule has 2 aromatic heterocycles. The summed E-state index contributed by atoms with van der Waals surface area (Å²) in [5.74, 6) is 0.363. The number of rotatable bonds is 4. The summed E-state index contributed by atoms with van der Waals surface area (Å²) in [7, 11) is 0. The van der Waals surface area contributed by atoms with Crippen molar-refractivity contribution in [2.75, 3.05) is 6.61 Å². The number of nitrogens with one attached hydrogen (secondary N) is 1. The molecule has 27 heavy (non-hydrogen) atoms. The fourth-order valence-corrected chi connectivity index (χ4v) is 2.86. The molecule has 140 valence electrons. The third-order valence-corrected chi connectivity index (χ3v) is 4.22. The van der Waals surface area contributed by atoms with E-state index in [0.29, 0.717) is 34.9 Å². The Morgan fingerprint density at radius 1 is 1.33 bits per heavy atom. The van der Waals surface area contributed by atoms with E-state index in [1.165, 1.54) is 0 Å². The number of Topliss-reactive ketones (excluding diaryl/α,β-unsaturated/α-hetero) is 1. The first kappa shape index (κ1) is 19.0. The van der Waals surface area contributed by atoms with Gasteiger partial charge in [-0.1, -0.05) is 32.9 Å². The van der Waals surface area contributed by atoms with Gasteiger partial charge in [-0.2, -0.15) is 0 Å². The predicted octanol–water partition coefficient (Wildman–Crippen LogP) is 4.79. The van der Waals surface area contributed by atoms with Gasteiger partial charge in [-0.15, -0.1) is 4.51 Å². The Labute approximate surface area is 162 Å². The van der Waals surface area contributed by atoms with E-state index >= 15 is 0 Å². The van der Waals surface area contributed by atoms with Crippen molar-refractivity contribution in [3.05, 3.63) is 47.8 Å². The van der Waals surface area contributed by atoms with Crippen molar-refractivity contribution in [2.24, 2.45) is 9.93 Å². The van der Waals surface area contributed by atoms with Crippen LogP contribution in [0.3, 0.4) is 0 Å². The average molecular weight is 385 g/mol. The predicted molar refractivity (Wildman–Crippen MR) is 107 cm³/mol. The number of carbonyl (C=O) groups is 1. The van der Waals surface area contributed by atoms with Crippen molar-refractivity contribution in [1.29, 1.82) is 0 Å². The number of ketones is 1. The number of nitrogens with zero attached hydrogens (tertiary/aromatic N) is 3. The van der Waals surface area contributed by atoms with Gasteiger partial charge in [0, 0.05) is 34.5 Å². The SMILES string of the molecule is CCOC(=NCl)c1cccc(-c2cnc3[nH]cc(C(=O)C(C)(C)C)c3n2)c1. The number of H-pyrrole nitrogens is 1. The highest BCUT2D eigenvalue weighted by Crippen LogP contribution is 2.27. The van der Waals surface area contributed by atoms with Crippen LogP contribution < -0.4 is 0 Å². The van der Waals surface area contributed by atoms with Crippen LogP contribution >= 0.6 is 11.8 Å². The van der Waals surface area contributed by atoms with Crippen LogP contribution in [0, 0.1) is 5.41 Å². The number of hydrogen-bond donors (Lipinski definition) is 1. The lowest BCUT2D eigenvalue weighted by atomic mass is 9.87. The first-order valence-corrected chi connectivity index (χ1v) is 9.00. The highest BCUT2D eigenvalue weighted by atomic mass is 35.5. The number of benzene rings is 1. The first-order valence-electron chi connectivity index (χ1n) is 8.66. The lowest BCUT2D eigenvalue weighted by molar-refractivity contribution is 0.0860. The molecule has 0 saturated heterocycles. The number of ether oxygens (including phenoxy) is 1. The summed E-state index contributed by atoms with van der Waals surface area (Å²) in [5, 5.41) is 0. The summed E-state index contributed by atoms with van der Waals surface area (Å²) in [6.07, 6.45) is 3.34. The van der Waals surface area contributed by atoms with E-state index in [1.54, 1.807) is 12.4 Å². The maximum atomic E-state index is 12.7. The molecule has 0 saturated carbocycles. The number of fused-ring (bicyclic) bond motifs is 1. The molecule has 2 heterocycles. The van der Waals surface area contributed by atoms with Crippen LogP contribution in [-0.4, -0.2) is 33.2 Å². The van der Waals surface area contributed by atoms with Crippen LogP contribution in [0.4, 0.5) is 0 Å². The molecule has 1 aromatic carbocycles. The summed E-state index contributed by atoms with van der Waals surface area (Å²) >= 11 is 5.63. The van der Waals surface area contributed by atoms with Gasteiger partial charge in [0.1, 0.15) is 5.52 Å². The van der Waals surface area contributed by atoms with Gasteiger partial charge < -0.3 is 9.72 Å². The second kappa shape index (κ2) is 7.48. The van der Waals surface area contributed by atoms with Crippen molar-refractivity contribution >= 4 is 34.6 Å². The zero-order valence-corrected chi connectivity index (χ0v) is 16.5. The molecule has 0 bridgehead atoms. The number of hydrogen-bond acceptors (Lipinski definition) is 5. The van der Waals surface area contributed by atoms with Crippen LogP contribution in [0.5, 0.6) is 0 Å². The van der Waals surface area contributed by atoms with Crippen molar-refractivity contribution in [3.8, 4) is 11.3 Å². The summed E-state index contributed by atoms with van der Waals surface area (Å²) in [6, 6.07) is 7.52. The molecule has 0 atom stereocenters. The Balaban J connectivity index is 2.07. The van der Waals surface area contributed by atoms with Crippen molar-refractivity contribution < 1.29 is 9.53 Å². The zero-order chi connectivity index (χ0) is 19.6. The van der Waals surface area contributed by atoms with Gasteiger partial charge in [0.2, 0.25) is 5.90 Å². The van der Waals surface area contributed by atoms with Crippen molar-refractivity contribution in [1.82, 2.24) is 15.0 Å². The number of aromatic nitrogens is 3. The Bertz CT molecular complexity index is 1020. The molecule has 0 radical (unpaired) electrons. The molecule has 1 N–H and O–H groups in total. The van der Waals surface area contributed by atoms with Gasteiger partial charge in [0.05, 0.1) is 24.1 Å². The van der Waals surface area contributed by atoms with E-state index in [2.05, 4.69) is 19.5 Å². The molecule has 6 nitrogen and oxygen atoms in total. The number of halogens is 1. The van der Waals surface area contributed by atoms with Gasteiger partial charge in [0.25, 0.3) is 0 Å². The second-order valence-electron chi connectivity index (χ2n) is 7.14. The molecule has 0 spiro atoms. The smallest absolute Gasteiger partial charge is 0.233 e. The molecule has 3 rings (SSSR count). The van der Waals surface area contributed by atoms with Gasteiger partial charge >= 0.3 is 0 Å².